The van der Waals surface area contributed by atoms with Gasteiger partial charge in [-0.25, -0.2) is 0 Å². The van der Waals surface area contributed by atoms with E-state index in [1.165, 1.54) is 19.4 Å². The zero-order valence-electron chi connectivity index (χ0n) is 21.5. The quantitative estimate of drug-likeness (QED) is 0.601. The van der Waals surface area contributed by atoms with Crippen LogP contribution in [-0.4, -0.2) is 60.9 Å². The molecule has 7 fully saturated rings. The summed E-state index contributed by atoms with van der Waals surface area (Å²) in [6.45, 7) is 19.1. The van der Waals surface area contributed by atoms with Gasteiger partial charge in [0.05, 0.1) is 18.3 Å². The Morgan fingerprint density at radius 3 is 2.44 bits per heavy atom. The largest absolute Gasteiger partial charge is 0.413 e. The van der Waals surface area contributed by atoms with Crippen LogP contribution in [0.3, 0.4) is 0 Å². The van der Waals surface area contributed by atoms with E-state index in [1.807, 2.05) is 0 Å². The van der Waals surface area contributed by atoms with Crippen LogP contribution in [0.4, 0.5) is 0 Å². The van der Waals surface area contributed by atoms with Crippen molar-refractivity contribution in [3.63, 3.8) is 0 Å². The van der Waals surface area contributed by atoms with E-state index >= 15 is 0 Å². The summed E-state index contributed by atoms with van der Waals surface area (Å²) in [6.07, 6.45) is 6.42. The summed E-state index contributed by atoms with van der Waals surface area (Å²) >= 11 is 0. The molecule has 1 heterocycles. The Morgan fingerprint density at radius 1 is 1.09 bits per heavy atom. The summed E-state index contributed by atoms with van der Waals surface area (Å²) in [5.41, 5.74) is 0.249. The zero-order valence-corrected chi connectivity index (χ0v) is 22.5. The van der Waals surface area contributed by atoms with Gasteiger partial charge >= 0.3 is 0 Å². The number of aliphatic hydroxyl groups is 2. The maximum absolute atomic E-state index is 11.9. The van der Waals surface area contributed by atoms with E-state index in [2.05, 4.69) is 52.6 Å². The fourth-order valence-corrected chi connectivity index (χ4v) is 12.1. The first-order valence-corrected chi connectivity index (χ1v) is 16.5. The van der Waals surface area contributed by atoms with Crippen molar-refractivity contribution < 1.29 is 14.6 Å². The maximum atomic E-state index is 11.9. The molecule has 1 saturated heterocycles. The van der Waals surface area contributed by atoms with Crippen LogP contribution in [0, 0.1) is 39.9 Å². The first kappa shape index (κ1) is 22.5. The number of hydrogen-bond donors (Lipinski definition) is 2. The minimum absolute atomic E-state index is 0.0148. The fourth-order valence-electron chi connectivity index (χ4n) is 10.7. The topological polar surface area (TPSA) is 52.9 Å². The van der Waals surface area contributed by atoms with Crippen molar-refractivity contribution in [2.75, 3.05) is 13.1 Å². The van der Waals surface area contributed by atoms with Gasteiger partial charge in [0.1, 0.15) is 0 Å². The van der Waals surface area contributed by atoms with Crippen LogP contribution >= 0.6 is 0 Å². The molecule has 7 bridgehead atoms. The first-order valence-electron chi connectivity index (χ1n) is 13.6. The lowest BCUT2D eigenvalue weighted by molar-refractivity contribution is -0.268. The van der Waals surface area contributed by atoms with E-state index in [0.717, 1.165) is 32.2 Å². The van der Waals surface area contributed by atoms with Crippen molar-refractivity contribution >= 4 is 8.32 Å². The maximum Gasteiger partial charge on any atom is 0.192 e. The Balaban J connectivity index is 1.55. The summed E-state index contributed by atoms with van der Waals surface area (Å²) in [6, 6.07) is 0.479. The van der Waals surface area contributed by atoms with Gasteiger partial charge in [-0.2, -0.15) is 0 Å². The molecular weight excluding hydrogens is 414 g/mol. The van der Waals surface area contributed by atoms with Crippen molar-refractivity contribution in [1.29, 1.82) is 0 Å². The highest BCUT2D eigenvalue weighted by Crippen LogP contribution is 2.83. The molecule has 7 aliphatic rings. The van der Waals surface area contributed by atoms with Gasteiger partial charge in [0, 0.05) is 29.3 Å². The Bertz CT molecular complexity index is 811. The molecule has 1 aliphatic heterocycles. The molecule has 1 unspecified atom stereocenters. The van der Waals surface area contributed by atoms with Crippen LogP contribution in [-0.2, 0) is 4.43 Å². The number of nitrogens with zero attached hydrogens (tertiary/aromatic N) is 1. The average Bonchev–Trinajstić information content (AvgIpc) is 3.13. The Hall–Kier alpha value is 0.0569. The molecule has 2 N–H and O–H groups in total. The lowest BCUT2D eigenvalue weighted by Crippen LogP contribution is -2.73. The highest BCUT2D eigenvalue weighted by atomic mass is 28.4. The summed E-state index contributed by atoms with van der Waals surface area (Å²) in [5.74, 6) is 1.65. The third-order valence-corrected chi connectivity index (χ3v) is 17.2. The van der Waals surface area contributed by atoms with Crippen LogP contribution in [0.2, 0.25) is 18.1 Å². The smallest absolute Gasteiger partial charge is 0.192 e. The molecule has 0 aromatic rings. The predicted octanol–water partition coefficient (Wildman–Crippen LogP) is 4.66. The van der Waals surface area contributed by atoms with Crippen molar-refractivity contribution in [2.45, 2.75) is 116 Å². The average molecular weight is 462 g/mol. The van der Waals surface area contributed by atoms with Gasteiger partial charge in [0.25, 0.3) is 0 Å². The van der Waals surface area contributed by atoms with E-state index in [4.69, 9.17) is 4.43 Å². The van der Waals surface area contributed by atoms with Crippen molar-refractivity contribution in [2.24, 2.45) is 39.9 Å². The van der Waals surface area contributed by atoms with Gasteiger partial charge in [-0.15, -0.1) is 0 Å². The highest BCUT2D eigenvalue weighted by molar-refractivity contribution is 6.74. The molecule has 2 spiro atoms. The fraction of sp³-hybridized carbons (Fsp3) is 1.00. The molecule has 0 amide bonds. The van der Waals surface area contributed by atoms with Gasteiger partial charge in [-0.3, -0.25) is 4.90 Å². The van der Waals surface area contributed by atoms with Crippen LogP contribution < -0.4 is 0 Å². The second-order valence-electron chi connectivity index (χ2n) is 14.6. The van der Waals surface area contributed by atoms with Crippen molar-refractivity contribution in [3.8, 4) is 0 Å². The number of fused-ring (bicyclic) bond motifs is 2. The summed E-state index contributed by atoms with van der Waals surface area (Å²) in [5, 5.41) is 23.7. The van der Waals surface area contributed by atoms with Crippen LogP contribution in [0.25, 0.3) is 0 Å². The normalized spacial score (nSPS) is 56.5. The SMILES string of the molecule is CCN1C[C@]2(C)CC[C@H](O[Si](C)(C)C(C)(C)C)[C@]34C1[C@H](C[C@H]23)[C@]12CC[C@H](C[C@@H]1O)[C@H](O)[C@H]24. The molecule has 0 radical (unpaired) electrons. The minimum atomic E-state index is -1.96. The highest BCUT2D eigenvalue weighted by Gasteiger charge is 2.86. The van der Waals surface area contributed by atoms with Gasteiger partial charge < -0.3 is 14.6 Å². The molecule has 7 rings (SSSR count). The molecule has 5 heteroatoms. The Kier molecular flexibility index (Phi) is 4.52. The third-order valence-electron chi connectivity index (χ3n) is 12.7. The van der Waals surface area contributed by atoms with Gasteiger partial charge in [0.2, 0.25) is 0 Å². The molecule has 6 saturated carbocycles. The monoisotopic (exact) mass is 461 g/mol. The number of aliphatic hydroxyl groups excluding tert-OH is 2. The van der Waals surface area contributed by atoms with Gasteiger partial charge in [-0.05, 0) is 86.4 Å². The molecule has 0 aromatic heterocycles. The standard InChI is InChI=1S/C27H47NO3Si/c1-8-28-15-25(5)11-10-20(31-32(6,7)24(2,3)4)27-18(25)14-17(23(27)28)26-12-9-16(13-19(26)29)21(30)22(26)27/h16-23,29-30H,8-15H2,1-7H3/t16-,17+,18-,19+,20+,21+,22-,23?,25+,26-,27-/m1/s1. The molecule has 11 atom stereocenters. The van der Waals surface area contributed by atoms with E-state index in [0.29, 0.717) is 23.3 Å². The lowest BCUT2D eigenvalue weighted by atomic mass is 9.39. The number of rotatable bonds is 3. The number of piperidine rings is 1. The third kappa shape index (κ3) is 2.30. The summed E-state index contributed by atoms with van der Waals surface area (Å²) in [7, 11) is -1.96. The molecular formula is C27H47NO3Si. The molecule has 0 aromatic carbocycles. The van der Waals surface area contributed by atoms with Gasteiger partial charge in [-0.1, -0.05) is 34.6 Å². The Labute approximate surface area is 196 Å². The van der Waals surface area contributed by atoms with Crippen LogP contribution in [0.5, 0.6) is 0 Å². The van der Waals surface area contributed by atoms with E-state index < -0.39 is 8.32 Å². The number of hydrogen-bond acceptors (Lipinski definition) is 4. The molecule has 182 valence electrons. The van der Waals surface area contributed by atoms with Gasteiger partial charge in [0.15, 0.2) is 8.32 Å². The van der Waals surface area contributed by atoms with E-state index in [-0.39, 0.29) is 46.0 Å². The van der Waals surface area contributed by atoms with E-state index in [1.54, 1.807) is 0 Å². The molecule has 32 heavy (non-hydrogen) atoms. The summed E-state index contributed by atoms with van der Waals surface area (Å²) < 4.78 is 7.42. The second kappa shape index (κ2) is 6.43. The number of likely N-dealkylation sites (tertiary alicyclic amines) is 1. The predicted molar refractivity (Wildman–Crippen MR) is 130 cm³/mol. The molecule has 6 aliphatic carbocycles. The minimum Gasteiger partial charge on any atom is -0.413 e. The molecule has 4 nitrogen and oxygen atoms in total. The lowest BCUT2D eigenvalue weighted by Gasteiger charge is -2.70. The van der Waals surface area contributed by atoms with Crippen molar-refractivity contribution in [3.05, 3.63) is 0 Å². The Morgan fingerprint density at radius 2 is 1.81 bits per heavy atom. The van der Waals surface area contributed by atoms with Crippen LogP contribution in [0.1, 0.15) is 73.1 Å². The second-order valence-corrected chi connectivity index (χ2v) is 19.3. The summed E-state index contributed by atoms with van der Waals surface area (Å²) in [4.78, 5) is 2.80. The first-order chi connectivity index (χ1) is 14.8. The van der Waals surface area contributed by atoms with E-state index in [9.17, 15) is 10.2 Å². The zero-order chi connectivity index (χ0) is 23.1. The van der Waals surface area contributed by atoms with Crippen LogP contribution in [0.15, 0.2) is 0 Å². The van der Waals surface area contributed by atoms with Crippen molar-refractivity contribution in [1.82, 2.24) is 4.90 Å².